The molecule has 0 saturated carbocycles. The van der Waals surface area contributed by atoms with Gasteiger partial charge in [0.1, 0.15) is 0 Å². The third-order valence-corrected chi connectivity index (χ3v) is 6.85. The van der Waals surface area contributed by atoms with Gasteiger partial charge in [-0.1, -0.05) is 25.5 Å². The van der Waals surface area contributed by atoms with E-state index in [9.17, 15) is 18.0 Å². The van der Waals surface area contributed by atoms with E-state index in [-0.39, 0.29) is 5.91 Å². The van der Waals surface area contributed by atoms with Crippen LogP contribution in [0.25, 0.3) is 0 Å². The number of nitrogens with one attached hydrogen (secondary N) is 3. The fourth-order valence-electron chi connectivity index (χ4n) is 3.18. The second kappa shape index (κ2) is 9.29. The molecule has 3 N–H and O–H groups in total. The Kier molecular flexibility index (Phi) is 7.34. The molecule has 0 spiro atoms. The maximum absolute atomic E-state index is 12.8. The number of carbonyl (C=O) groups is 2. The quantitative estimate of drug-likeness (QED) is 0.595. The number of urea groups is 1. The number of piperazine rings is 1. The van der Waals surface area contributed by atoms with E-state index >= 15 is 0 Å². The molecule has 1 heterocycles. The third-order valence-electron chi connectivity index (χ3n) is 4.93. The van der Waals surface area contributed by atoms with E-state index < -0.39 is 22.1 Å². The predicted octanol–water partition coefficient (Wildman–Crippen LogP) is -0.628. The van der Waals surface area contributed by atoms with Crippen molar-refractivity contribution >= 4 is 22.0 Å². The van der Waals surface area contributed by atoms with Crippen molar-refractivity contribution in [1.82, 2.24) is 14.9 Å². The van der Waals surface area contributed by atoms with Gasteiger partial charge in [-0.25, -0.2) is 13.2 Å². The molecule has 0 aromatic heterocycles. The largest absolute Gasteiger partial charge is 0.341 e. The van der Waals surface area contributed by atoms with Crippen LogP contribution in [0.4, 0.5) is 4.79 Å². The standard InChI is InChI=1S/C18H28N4O4S/c1-4-5-15-6-8-16(9-7-15)27(25,26)22-12-10-21(11-13-22)14(2)17(23)20-18(24)19-3/h6-9,14H,4-5,10-13H2,1-3H3,(H2,19,20,23,24)/p+1/t14-/m1/s1. The molecule has 8 nitrogen and oxygen atoms in total. The highest BCUT2D eigenvalue weighted by Crippen LogP contribution is 2.17. The van der Waals surface area contributed by atoms with E-state index in [1.54, 1.807) is 19.1 Å². The van der Waals surface area contributed by atoms with Gasteiger partial charge < -0.3 is 10.2 Å². The molecule has 1 atom stereocenters. The molecule has 1 aromatic rings. The van der Waals surface area contributed by atoms with Crippen LogP contribution >= 0.6 is 0 Å². The lowest BCUT2D eigenvalue weighted by atomic mass is 10.1. The highest BCUT2D eigenvalue weighted by Gasteiger charge is 2.34. The van der Waals surface area contributed by atoms with E-state index in [0.717, 1.165) is 23.3 Å². The Morgan fingerprint density at radius 3 is 2.30 bits per heavy atom. The molecule has 9 heteroatoms. The second-order valence-corrected chi connectivity index (χ2v) is 8.68. The van der Waals surface area contributed by atoms with Crippen LogP contribution in [-0.4, -0.2) is 63.9 Å². The second-order valence-electron chi connectivity index (χ2n) is 6.75. The van der Waals surface area contributed by atoms with Crippen LogP contribution in [0, 0.1) is 0 Å². The maximum Gasteiger partial charge on any atom is 0.321 e. The van der Waals surface area contributed by atoms with E-state index in [0.29, 0.717) is 31.1 Å². The summed E-state index contributed by atoms with van der Waals surface area (Å²) in [5, 5.41) is 4.61. The Hall–Kier alpha value is -1.97. The van der Waals surface area contributed by atoms with Gasteiger partial charge >= 0.3 is 6.03 Å². The molecular weight excluding hydrogens is 368 g/mol. The lowest BCUT2D eigenvalue weighted by Crippen LogP contribution is -3.19. The van der Waals surface area contributed by atoms with Crippen molar-refractivity contribution < 1.29 is 22.9 Å². The van der Waals surface area contributed by atoms with Crippen LogP contribution in [0.1, 0.15) is 25.8 Å². The zero-order valence-electron chi connectivity index (χ0n) is 16.1. The molecular formula is C18H29N4O4S+. The molecule has 150 valence electrons. The summed E-state index contributed by atoms with van der Waals surface area (Å²) >= 11 is 0. The van der Waals surface area contributed by atoms with Crippen molar-refractivity contribution in [3.63, 3.8) is 0 Å². The van der Waals surface area contributed by atoms with Crippen LogP contribution in [0.2, 0.25) is 0 Å². The molecule has 1 fully saturated rings. The molecule has 2 rings (SSSR count). The molecule has 27 heavy (non-hydrogen) atoms. The summed E-state index contributed by atoms with van der Waals surface area (Å²) < 4.78 is 27.1. The average molecular weight is 398 g/mol. The molecule has 3 amide bonds. The van der Waals surface area contributed by atoms with Crippen LogP contribution in [0.5, 0.6) is 0 Å². The van der Waals surface area contributed by atoms with Gasteiger partial charge in [0.2, 0.25) is 10.0 Å². The smallest absolute Gasteiger partial charge is 0.321 e. The minimum Gasteiger partial charge on any atom is -0.341 e. The topological polar surface area (TPSA) is 100 Å². The minimum atomic E-state index is -3.53. The van der Waals surface area contributed by atoms with Crippen LogP contribution < -0.4 is 15.5 Å². The number of hydrogen-bond acceptors (Lipinski definition) is 4. The molecule has 1 aromatic carbocycles. The Morgan fingerprint density at radius 2 is 1.78 bits per heavy atom. The number of sulfonamides is 1. The summed E-state index contributed by atoms with van der Waals surface area (Å²) in [5.41, 5.74) is 1.13. The number of hydrogen-bond donors (Lipinski definition) is 3. The monoisotopic (exact) mass is 397 g/mol. The van der Waals surface area contributed by atoms with Crippen molar-refractivity contribution in [2.75, 3.05) is 33.2 Å². The van der Waals surface area contributed by atoms with Gasteiger partial charge in [-0.15, -0.1) is 0 Å². The molecule has 1 aliphatic rings. The van der Waals surface area contributed by atoms with Gasteiger partial charge in [-0.05, 0) is 31.0 Å². The summed E-state index contributed by atoms with van der Waals surface area (Å²) in [7, 11) is -2.09. The normalized spacial score (nSPS) is 17.3. The minimum absolute atomic E-state index is 0.302. The first-order chi connectivity index (χ1) is 12.8. The van der Waals surface area contributed by atoms with Crippen molar-refractivity contribution in [3.8, 4) is 0 Å². The Morgan fingerprint density at radius 1 is 1.19 bits per heavy atom. The van der Waals surface area contributed by atoms with Crippen molar-refractivity contribution in [1.29, 1.82) is 0 Å². The summed E-state index contributed by atoms with van der Waals surface area (Å²) in [6.45, 7) is 5.52. The van der Waals surface area contributed by atoms with Crippen LogP contribution in [0.15, 0.2) is 29.2 Å². The molecule has 0 bridgehead atoms. The van der Waals surface area contributed by atoms with Crippen LogP contribution in [0.3, 0.4) is 0 Å². The van der Waals surface area contributed by atoms with Gasteiger partial charge in [0.05, 0.1) is 31.1 Å². The molecule has 0 unspecified atom stereocenters. The summed E-state index contributed by atoms with van der Waals surface area (Å²) in [6.07, 6.45) is 1.95. The number of benzene rings is 1. The first kappa shape index (κ1) is 21.3. The van der Waals surface area contributed by atoms with Gasteiger partial charge in [0.15, 0.2) is 6.04 Å². The van der Waals surface area contributed by atoms with E-state index in [4.69, 9.17) is 0 Å². The number of amides is 3. The summed E-state index contributed by atoms with van der Waals surface area (Å²) in [5.74, 6) is -0.368. The first-order valence-electron chi connectivity index (χ1n) is 9.25. The Labute approximate surface area is 161 Å². The fourth-order valence-corrected chi connectivity index (χ4v) is 4.62. The van der Waals surface area contributed by atoms with Gasteiger partial charge in [-0.3, -0.25) is 10.1 Å². The first-order valence-corrected chi connectivity index (χ1v) is 10.7. The number of nitrogens with zero attached hydrogens (tertiary/aromatic N) is 1. The third kappa shape index (κ3) is 5.27. The molecule has 0 radical (unpaired) electrons. The van der Waals surface area contributed by atoms with Crippen LogP contribution in [-0.2, 0) is 21.2 Å². The van der Waals surface area contributed by atoms with Gasteiger partial charge in [0.25, 0.3) is 5.91 Å². The number of imide groups is 1. The predicted molar refractivity (Wildman–Crippen MR) is 102 cm³/mol. The van der Waals surface area contributed by atoms with Crippen molar-refractivity contribution in [3.05, 3.63) is 29.8 Å². The number of rotatable bonds is 6. The zero-order valence-corrected chi connectivity index (χ0v) is 16.9. The number of carbonyl (C=O) groups excluding carboxylic acids is 2. The fraction of sp³-hybridized carbons (Fsp3) is 0.556. The molecule has 1 saturated heterocycles. The van der Waals surface area contributed by atoms with Crippen molar-refractivity contribution in [2.24, 2.45) is 0 Å². The lowest BCUT2D eigenvalue weighted by molar-refractivity contribution is -0.917. The lowest BCUT2D eigenvalue weighted by Gasteiger charge is -2.34. The highest BCUT2D eigenvalue weighted by molar-refractivity contribution is 7.89. The highest BCUT2D eigenvalue weighted by atomic mass is 32.2. The number of quaternary nitrogens is 1. The molecule has 1 aliphatic heterocycles. The van der Waals surface area contributed by atoms with Crippen molar-refractivity contribution in [2.45, 2.75) is 37.6 Å². The number of aryl methyl sites for hydroxylation is 1. The van der Waals surface area contributed by atoms with E-state index in [2.05, 4.69) is 17.6 Å². The van der Waals surface area contributed by atoms with Gasteiger partial charge in [0, 0.05) is 7.05 Å². The molecule has 0 aliphatic carbocycles. The average Bonchev–Trinajstić information content (AvgIpc) is 2.68. The summed E-state index contributed by atoms with van der Waals surface area (Å²) in [6, 6.07) is 6.09. The SMILES string of the molecule is CCCc1ccc(S(=O)(=O)N2CC[NH+]([C@H](C)C(=O)NC(=O)NC)CC2)cc1. The zero-order chi connectivity index (χ0) is 20.0. The Balaban J connectivity index is 1.97. The summed E-state index contributed by atoms with van der Waals surface area (Å²) in [4.78, 5) is 24.6. The van der Waals surface area contributed by atoms with E-state index in [1.165, 1.54) is 11.4 Å². The maximum atomic E-state index is 12.8. The Bertz CT molecular complexity index is 756. The van der Waals surface area contributed by atoms with Gasteiger partial charge in [-0.2, -0.15) is 4.31 Å². The van der Waals surface area contributed by atoms with E-state index in [1.807, 2.05) is 12.1 Å².